The van der Waals surface area contributed by atoms with E-state index in [0.717, 1.165) is 23.5 Å². The van der Waals surface area contributed by atoms with E-state index in [2.05, 4.69) is 25.2 Å². The van der Waals surface area contributed by atoms with Crippen LogP contribution in [0.3, 0.4) is 0 Å². The summed E-state index contributed by atoms with van der Waals surface area (Å²) in [4.78, 5) is 26.7. The molecule has 2 aromatic rings. The molecule has 2 heterocycles. The van der Waals surface area contributed by atoms with E-state index in [1.165, 1.54) is 0 Å². The largest absolute Gasteiger partial charge is 0.444 e. The standard InChI is InChI=1S/C25H34N4O3/c1-16(2)11-19-12-17(27-29(19)18-9-7-6-8-10-18)13-26-23(30)22-20-14-28(15-21(20)22)24(31)32-25(3,4)5/h6-10,12,16,20-22H,11,13-15H2,1-5H3,(H,26,30)/t20-,21+,22?. The van der Waals surface area contributed by atoms with Crippen molar-refractivity contribution in [3.05, 3.63) is 47.8 Å². The molecule has 1 aliphatic carbocycles. The highest BCUT2D eigenvalue weighted by Crippen LogP contribution is 2.52. The van der Waals surface area contributed by atoms with Gasteiger partial charge in [-0.2, -0.15) is 5.10 Å². The number of likely N-dealkylation sites (tertiary alicyclic amines) is 1. The Hall–Kier alpha value is -2.83. The van der Waals surface area contributed by atoms with Gasteiger partial charge in [0.15, 0.2) is 0 Å². The van der Waals surface area contributed by atoms with E-state index in [0.29, 0.717) is 25.6 Å². The van der Waals surface area contributed by atoms with Crippen LogP contribution >= 0.6 is 0 Å². The number of carbonyl (C=O) groups excluding carboxylic acids is 2. The highest BCUT2D eigenvalue weighted by Gasteiger charge is 2.60. The molecule has 0 bridgehead atoms. The summed E-state index contributed by atoms with van der Waals surface area (Å²) in [7, 11) is 0. The van der Waals surface area contributed by atoms with E-state index in [9.17, 15) is 9.59 Å². The third-order valence-corrected chi connectivity index (χ3v) is 6.04. The number of carbonyl (C=O) groups is 2. The number of para-hydroxylation sites is 1. The summed E-state index contributed by atoms with van der Waals surface area (Å²) < 4.78 is 7.42. The predicted molar refractivity (Wildman–Crippen MR) is 122 cm³/mol. The Morgan fingerprint density at radius 1 is 1.16 bits per heavy atom. The van der Waals surface area contributed by atoms with E-state index in [1.807, 2.05) is 55.8 Å². The van der Waals surface area contributed by atoms with Crippen molar-refractivity contribution in [3.63, 3.8) is 0 Å². The van der Waals surface area contributed by atoms with Crippen molar-refractivity contribution in [1.29, 1.82) is 0 Å². The zero-order valence-corrected chi connectivity index (χ0v) is 19.7. The average molecular weight is 439 g/mol. The van der Waals surface area contributed by atoms with Crippen LogP contribution in [0.15, 0.2) is 36.4 Å². The maximum atomic E-state index is 12.8. The zero-order valence-electron chi connectivity index (χ0n) is 19.7. The molecule has 2 amide bonds. The van der Waals surface area contributed by atoms with Crippen LogP contribution in [0.25, 0.3) is 5.69 Å². The van der Waals surface area contributed by atoms with E-state index in [4.69, 9.17) is 9.84 Å². The number of ether oxygens (including phenoxy) is 1. The lowest BCUT2D eigenvalue weighted by Gasteiger charge is -2.25. The number of rotatable bonds is 6. The van der Waals surface area contributed by atoms with Crippen LogP contribution in [-0.4, -0.2) is 45.4 Å². The number of amides is 2. The molecule has 4 rings (SSSR count). The molecule has 1 saturated carbocycles. The summed E-state index contributed by atoms with van der Waals surface area (Å²) in [5.74, 6) is 1.03. The molecule has 1 aliphatic heterocycles. The number of hydrogen-bond donors (Lipinski definition) is 1. The molecule has 1 aromatic carbocycles. The number of benzene rings is 1. The molecule has 2 fully saturated rings. The van der Waals surface area contributed by atoms with Crippen molar-refractivity contribution >= 4 is 12.0 Å². The van der Waals surface area contributed by atoms with Gasteiger partial charge in [0.2, 0.25) is 5.91 Å². The van der Waals surface area contributed by atoms with E-state index in [-0.39, 0.29) is 29.8 Å². The molecule has 0 spiro atoms. The lowest BCUT2D eigenvalue weighted by Crippen LogP contribution is -2.38. The molecular formula is C25H34N4O3. The van der Waals surface area contributed by atoms with Crippen LogP contribution in [0.5, 0.6) is 0 Å². The quantitative estimate of drug-likeness (QED) is 0.744. The Labute approximate surface area is 190 Å². The Bertz CT molecular complexity index is 965. The van der Waals surface area contributed by atoms with Crippen molar-refractivity contribution in [2.75, 3.05) is 13.1 Å². The maximum absolute atomic E-state index is 12.8. The van der Waals surface area contributed by atoms with Gasteiger partial charge in [-0.15, -0.1) is 0 Å². The third kappa shape index (κ3) is 4.97. The molecule has 172 valence electrons. The fourth-order valence-corrected chi connectivity index (χ4v) is 4.60. The van der Waals surface area contributed by atoms with Gasteiger partial charge in [0.05, 0.1) is 17.9 Å². The average Bonchev–Trinajstić information content (AvgIpc) is 3.04. The molecule has 32 heavy (non-hydrogen) atoms. The van der Waals surface area contributed by atoms with Crippen molar-refractivity contribution in [1.82, 2.24) is 20.0 Å². The van der Waals surface area contributed by atoms with Gasteiger partial charge in [0.1, 0.15) is 5.60 Å². The molecule has 1 unspecified atom stereocenters. The predicted octanol–water partition coefficient (Wildman–Crippen LogP) is 3.80. The Kier molecular flexibility index (Phi) is 6.01. The fourth-order valence-electron chi connectivity index (χ4n) is 4.60. The van der Waals surface area contributed by atoms with Gasteiger partial charge in [-0.1, -0.05) is 32.0 Å². The Morgan fingerprint density at radius 3 is 2.41 bits per heavy atom. The highest BCUT2D eigenvalue weighted by molar-refractivity contribution is 5.83. The summed E-state index contributed by atoms with van der Waals surface area (Å²) in [5.41, 5.74) is 2.53. The Morgan fingerprint density at radius 2 is 1.81 bits per heavy atom. The van der Waals surface area contributed by atoms with E-state index < -0.39 is 5.60 Å². The second kappa shape index (κ2) is 8.60. The van der Waals surface area contributed by atoms with Crippen LogP contribution in [0.1, 0.15) is 46.0 Å². The third-order valence-electron chi connectivity index (χ3n) is 6.04. The van der Waals surface area contributed by atoms with Gasteiger partial charge in [-0.25, -0.2) is 9.48 Å². The monoisotopic (exact) mass is 438 g/mol. The van der Waals surface area contributed by atoms with Crippen LogP contribution in [-0.2, 0) is 22.5 Å². The first-order valence-electron chi connectivity index (χ1n) is 11.5. The molecule has 7 nitrogen and oxygen atoms in total. The number of nitrogens with one attached hydrogen (secondary N) is 1. The lowest BCUT2D eigenvalue weighted by atomic mass is 10.1. The summed E-state index contributed by atoms with van der Waals surface area (Å²) in [5, 5.41) is 7.83. The Balaban J connectivity index is 1.33. The molecule has 3 atom stereocenters. The number of nitrogens with zero attached hydrogens (tertiary/aromatic N) is 3. The van der Waals surface area contributed by atoms with Crippen LogP contribution in [0.4, 0.5) is 4.79 Å². The smallest absolute Gasteiger partial charge is 0.410 e. The minimum absolute atomic E-state index is 0.0139. The number of fused-ring (bicyclic) bond motifs is 1. The summed E-state index contributed by atoms with van der Waals surface area (Å²) in [6, 6.07) is 12.2. The summed E-state index contributed by atoms with van der Waals surface area (Å²) in [6.45, 7) is 11.6. The minimum Gasteiger partial charge on any atom is -0.444 e. The normalized spacial score (nSPS) is 22.1. The topological polar surface area (TPSA) is 76.5 Å². The van der Waals surface area contributed by atoms with Crippen molar-refractivity contribution in [2.24, 2.45) is 23.7 Å². The van der Waals surface area contributed by atoms with Gasteiger partial charge in [-0.05, 0) is 63.1 Å². The minimum atomic E-state index is -0.502. The van der Waals surface area contributed by atoms with Gasteiger partial charge in [-0.3, -0.25) is 4.79 Å². The molecule has 1 aromatic heterocycles. The summed E-state index contributed by atoms with van der Waals surface area (Å²) >= 11 is 0. The van der Waals surface area contributed by atoms with Crippen LogP contribution in [0, 0.1) is 23.7 Å². The lowest BCUT2D eigenvalue weighted by molar-refractivity contribution is -0.123. The molecule has 0 radical (unpaired) electrons. The SMILES string of the molecule is CC(C)Cc1cc(CNC(=O)C2[C@H]3CN(C(=O)OC(C)(C)C)C[C@@H]23)nn1-c1ccccc1. The maximum Gasteiger partial charge on any atom is 0.410 e. The van der Waals surface area contributed by atoms with Crippen molar-refractivity contribution in [3.8, 4) is 5.69 Å². The zero-order chi connectivity index (χ0) is 23.0. The van der Waals surface area contributed by atoms with Crippen LogP contribution < -0.4 is 5.32 Å². The molecule has 7 heteroatoms. The van der Waals surface area contributed by atoms with E-state index in [1.54, 1.807) is 4.90 Å². The van der Waals surface area contributed by atoms with Gasteiger partial charge < -0.3 is 15.0 Å². The molecule has 1 N–H and O–H groups in total. The summed E-state index contributed by atoms with van der Waals surface area (Å²) in [6.07, 6.45) is 0.635. The van der Waals surface area contributed by atoms with Gasteiger partial charge >= 0.3 is 6.09 Å². The first-order chi connectivity index (χ1) is 15.1. The van der Waals surface area contributed by atoms with Crippen molar-refractivity contribution < 1.29 is 14.3 Å². The van der Waals surface area contributed by atoms with Gasteiger partial charge in [0.25, 0.3) is 0 Å². The number of piperidine rings is 1. The van der Waals surface area contributed by atoms with Crippen LogP contribution in [0.2, 0.25) is 0 Å². The first-order valence-corrected chi connectivity index (χ1v) is 11.5. The van der Waals surface area contributed by atoms with Gasteiger partial charge in [0, 0.05) is 24.7 Å². The van der Waals surface area contributed by atoms with E-state index >= 15 is 0 Å². The number of aromatic nitrogens is 2. The highest BCUT2D eigenvalue weighted by atomic mass is 16.6. The van der Waals surface area contributed by atoms with Crippen molar-refractivity contribution in [2.45, 2.75) is 53.2 Å². The second-order valence-corrected chi connectivity index (χ2v) is 10.4. The molecular weight excluding hydrogens is 404 g/mol. The molecule has 2 aliphatic rings. The molecule has 1 saturated heterocycles. The second-order valence-electron chi connectivity index (χ2n) is 10.4. The first kappa shape index (κ1) is 22.4. The number of hydrogen-bond acceptors (Lipinski definition) is 4. The fraction of sp³-hybridized carbons (Fsp3) is 0.560.